The molecule has 128 valence electrons. The first-order valence-electron chi connectivity index (χ1n) is 7.53. The number of ether oxygens (including phenoxy) is 1. The summed E-state index contributed by atoms with van der Waals surface area (Å²) in [5.74, 6) is -0.825. The minimum atomic E-state index is -0.768. The second kappa shape index (κ2) is 8.43. The third kappa shape index (κ3) is 4.66. The summed E-state index contributed by atoms with van der Waals surface area (Å²) < 4.78 is 5.19. The molecule has 0 amide bonds. The Bertz CT molecular complexity index is 895. The van der Waals surface area contributed by atoms with Crippen LogP contribution in [-0.2, 0) is 4.74 Å². The van der Waals surface area contributed by atoms with Gasteiger partial charge in [0.15, 0.2) is 0 Å². The van der Waals surface area contributed by atoms with E-state index in [9.17, 15) is 19.6 Å². The zero-order chi connectivity index (χ0) is 18.4. The molecule has 1 aromatic heterocycles. The topological polar surface area (TPSA) is 100 Å². The number of aromatic nitrogens is 1. The van der Waals surface area contributed by atoms with E-state index in [0.717, 1.165) is 5.56 Å². The standard InChI is InChI=1S/C18H16N2O4Se/c1-3-24-18(23)14-8-13(9-19)17(20-16(14)22)25-10-15(21)12-6-4-11(2)5-7-12/h4-8H,3,10H2,1-2H3,(H,20,22). The number of ketones is 1. The van der Waals surface area contributed by atoms with Crippen molar-refractivity contribution in [1.82, 2.24) is 4.98 Å². The maximum absolute atomic E-state index is 12.2. The number of aromatic amines is 1. The van der Waals surface area contributed by atoms with Crippen LogP contribution in [0.2, 0.25) is 5.32 Å². The number of carbonyl (C=O) groups is 2. The molecule has 0 unspecified atom stereocenters. The van der Waals surface area contributed by atoms with Gasteiger partial charge in [0, 0.05) is 0 Å². The van der Waals surface area contributed by atoms with Crippen LogP contribution in [0.15, 0.2) is 35.1 Å². The summed E-state index contributed by atoms with van der Waals surface area (Å²) in [7, 11) is 0. The number of nitrogens with zero attached hydrogens (tertiary/aromatic N) is 1. The Kier molecular flexibility index (Phi) is 6.29. The first kappa shape index (κ1) is 18.7. The van der Waals surface area contributed by atoms with Gasteiger partial charge in [-0.2, -0.15) is 0 Å². The van der Waals surface area contributed by atoms with E-state index in [4.69, 9.17) is 4.74 Å². The monoisotopic (exact) mass is 404 g/mol. The number of hydrogen-bond donors (Lipinski definition) is 1. The van der Waals surface area contributed by atoms with Gasteiger partial charge in [-0.1, -0.05) is 0 Å². The fourth-order valence-corrected chi connectivity index (χ4v) is 3.85. The summed E-state index contributed by atoms with van der Waals surface area (Å²) in [5.41, 5.74) is 1.02. The summed E-state index contributed by atoms with van der Waals surface area (Å²) >= 11 is -0.431. The fourth-order valence-electron chi connectivity index (χ4n) is 2.03. The molecule has 0 spiro atoms. The molecule has 0 aliphatic carbocycles. The van der Waals surface area contributed by atoms with Gasteiger partial charge in [0.1, 0.15) is 0 Å². The number of nitriles is 1. The van der Waals surface area contributed by atoms with Crippen molar-refractivity contribution in [2.24, 2.45) is 0 Å². The van der Waals surface area contributed by atoms with Gasteiger partial charge < -0.3 is 0 Å². The molecule has 0 atom stereocenters. The molecule has 1 aromatic carbocycles. The van der Waals surface area contributed by atoms with E-state index in [0.29, 0.717) is 10.2 Å². The van der Waals surface area contributed by atoms with E-state index >= 15 is 0 Å². The molecule has 0 aliphatic rings. The van der Waals surface area contributed by atoms with Crippen molar-refractivity contribution in [1.29, 1.82) is 5.26 Å². The van der Waals surface area contributed by atoms with Gasteiger partial charge in [0.25, 0.3) is 0 Å². The number of pyridine rings is 1. The molecule has 2 aromatic rings. The average Bonchev–Trinajstić information content (AvgIpc) is 2.60. The Labute approximate surface area is 151 Å². The molecule has 0 aliphatic heterocycles. The van der Waals surface area contributed by atoms with E-state index in [1.165, 1.54) is 6.07 Å². The molecule has 0 fully saturated rings. The molecule has 1 N–H and O–H groups in total. The number of aryl methyl sites for hydroxylation is 1. The molecule has 6 nitrogen and oxygen atoms in total. The Morgan fingerprint density at radius 1 is 1.28 bits per heavy atom. The number of H-pyrrole nitrogens is 1. The average molecular weight is 403 g/mol. The van der Waals surface area contributed by atoms with Crippen LogP contribution in [0.5, 0.6) is 0 Å². The number of esters is 1. The fraction of sp³-hybridized carbons (Fsp3) is 0.222. The van der Waals surface area contributed by atoms with Crippen LogP contribution >= 0.6 is 0 Å². The summed E-state index contributed by atoms with van der Waals surface area (Å²) in [5, 5.41) is 9.47. The summed E-state index contributed by atoms with van der Waals surface area (Å²) in [6.07, 6.45) is 0. The summed E-state index contributed by atoms with van der Waals surface area (Å²) in [4.78, 5) is 38.5. The van der Waals surface area contributed by atoms with Crippen molar-refractivity contribution < 1.29 is 14.3 Å². The van der Waals surface area contributed by atoms with E-state index < -0.39 is 26.5 Å². The van der Waals surface area contributed by atoms with E-state index in [2.05, 4.69) is 4.98 Å². The zero-order valence-corrected chi connectivity index (χ0v) is 15.5. The van der Waals surface area contributed by atoms with Crippen LogP contribution in [0, 0.1) is 18.3 Å². The Morgan fingerprint density at radius 2 is 1.96 bits per heavy atom. The van der Waals surface area contributed by atoms with Gasteiger partial charge in [-0.15, -0.1) is 0 Å². The Balaban J connectivity index is 2.19. The number of Topliss-reactive ketones (excluding diaryl/α,β-unsaturated/α-hetero) is 1. The number of carbonyl (C=O) groups excluding carboxylic acids is 2. The number of hydrogen-bond acceptors (Lipinski definition) is 5. The van der Waals surface area contributed by atoms with E-state index in [1.54, 1.807) is 19.1 Å². The van der Waals surface area contributed by atoms with Gasteiger partial charge in [-0.3, -0.25) is 0 Å². The van der Waals surface area contributed by atoms with Gasteiger partial charge in [-0.25, -0.2) is 0 Å². The van der Waals surface area contributed by atoms with Gasteiger partial charge in [-0.05, 0) is 0 Å². The maximum atomic E-state index is 12.2. The summed E-state index contributed by atoms with van der Waals surface area (Å²) in [6.45, 7) is 3.70. The van der Waals surface area contributed by atoms with Crippen molar-refractivity contribution in [3.63, 3.8) is 0 Å². The van der Waals surface area contributed by atoms with Crippen molar-refractivity contribution in [2.45, 2.75) is 19.2 Å². The predicted octanol–water partition coefficient (Wildman–Crippen LogP) is 1.36. The Morgan fingerprint density at radius 3 is 2.56 bits per heavy atom. The number of benzene rings is 1. The third-order valence-corrected chi connectivity index (χ3v) is 5.48. The number of rotatable bonds is 6. The van der Waals surface area contributed by atoms with Crippen LogP contribution < -0.4 is 10.2 Å². The zero-order valence-electron chi connectivity index (χ0n) is 13.8. The van der Waals surface area contributed by atoms with Crippen LogP contribution in [0.1, 0.15) is 38.8 Å². The normalized spacial score (nSPS) is 10.1. The predicted molar refractivity (Wildman–Crippen MR) is 93.4 cm³/mol. The number of nitrogens with one attached hydrogen (secondary N) is 1. The van der Waals surface area contributed by atoms with Crippen LogP contribution in [0.25, 0.3) is 0 Å². The van der Waals surface area contributed by atoms with Crippen molar-refractivity contribution in [3.8, 4) is 6.07 Å². The van der Waals surface area contributed by atoms with Gasteiger partial charge in [0.2, 0.25) is 0 Å². The molecular formula is C18H16N2O4Se. The van der Waals surface area contributed by atoms with E-state index in [-0.39, 0.29) is 28.8 Å². The molecule has 0 saturated heterocycles. The molecule has 0 radical (unpaired) electrons. The van der Waals surface area contributed by atoms with Crippen molar-refractivity contribution in [2.75, 3.05) is 6.61 Å². The second-order valence-corrected chi connectivity index (χ2v) is 7.23. The van der Waals surface area contributed by atoms with Crippen LogP contribution in [-0.4, -0.2) is 38.3 Å². The SMILES string of the molecule is CCOC(=O)c1cc(C#N)c([Se]CC(=O)c2ccc(C)cc2)[nH]c1=O. The van der Waals surface area contributed by atoms with Crippen molar-refractivity contribution in [3.05, 3.63) is 62.9 Å². The second-order valence-electron chi connectivity index (χ2n) is 5.17. The van der Waals surface area contributed by atoms with E-state index in [1.807, 2.05) is 25.1 Å². The van der Waals surface area contributed by atoms with Crippen LogP contribution in [0.4, 0.5) is 0 Å². The first-order valence-corrected chi connectivity index (χ1v) is 9.60. The molecule has 0 bridgehead atoms. The van der Waals surface area contributed by atoms with Crippen molar-refractivity contribution >= 4 is 31.3 Å². The summed E-state index contributed by atoms with van der Waals surface area (Å²) in [6, 6.07) is 10.4. The third-order valence-electron chi connectivity index (χ3n) is 3.34. The van der Waals surface area contributed by atoms with Crippen LogP contribution in [0.3, 0.4) is 0 Å². The first-order chi connectivity index (χ1) is 12.0. The molecule has 7 heteroatoms. The van der Waals surface area contributed by atoms with Gasteiger partial charge >= 0.3 is 151 Å². The molecular weight excluding hydrogens is 387 g/mol. The minimum absolute atomic E-state index is 0.0563. The molecule has 25 heavy (non-hydrogen) atoms. The quantitative estimate of drug-likeness (QED) is 0.446. The Hall–Kier alpha value is -2.68. The molecule has 1 heterocycles. The molecule has 0 saturated carbocycles. The van der Waals surface area contributed by atoms with Gasteiger partial charge in [0.05, 0.1) is 0 Å². The molecule has 2 rings (SSSR count).